The van der Waals surface area contributed by atoms with Crippen molar-refractivity contribution in [2.24, 2.45) is 0 Å². The van der Waals surface area contributed by atoms with E-state index >= 15 is 0 Å². The summed E-state index contributed by atoms with van der Waals surface area (Å²) >= 11 is 5.30. The maximum absolute atomic E-state index is 5.46. The first-order chi connectivity index (χ1) is 8.67. The molecule has 0 N–H and O–H groups in total. The number of hydrogen-bond donors (Lipinski definition) is 0. The predicted molar refractivity (Wildman–Crippen MR) is 80.0 cm³/mol. The van der Waals surface area contributed by atoms with E-state index in [1.165, 1.54) is 4.88 Å². The van der Waals surface area contributed by atoms with Crippen LogP contribution >= 0.6 is 27.3 Å². The molecule has 1 atom stereocenters. The Morgan fingerprint density at radius 1 is 1.39 bits per heavy atom. The maximum Gasteiger partial charge on any atom is 0.122 e. The van der Waals surface area contributed by atoms with E-state index in [4.69, 9.17) is 9.72 Å². The summed E-state index contributed by atoms with van der Waals surface area (Å²) in [6.45, 7) is 4.22. The van der Waals surface area contributed by atoms with Gasteiger partial charge in [-0.1, -0.05) is 41.1 Å². The lowest BCUT2D eigenvalue weighted by atomic mass is 10.1. The first-order valence-corrected chi connectivity index (χ1v) is 7.53. The topological polar surface area (TPSA) is 22.1 Å². The molecule has 4 heteroatoms. The third kappa shape index (κ3) is 2.66. The lowest BCUT2D eigenvalue weighted by Crippen LogP contribution is -1.98. The van der Waals surface area contributed by atoms with Crippen molar-refractivity contribution in [1.29, 1.82) is 0 Å². The second-order valence-corrected chi connectivity index (χ2v) is 6.16. The summed E-state index contributed by atoms with van der Waals surface area (Å²) in [4.78, 5) is 5.98. The second-order valence-electron chi connectivity index (χ2n) is 4.07. The Morgan fingerprint density at radius 3 is 2.72 bits per heavy atom. The molecule has 1 unspecified atom stereocenters. The van der Waals surface area contributed by atoms with Crippen molar-refractivity contribution in [3.63, 3.8) is 0 Å². The lowest BCUT2D eigenvalue weighted by molar-refractivity contribution is 0.0998. The number of rotatable bonds is 4. The largest absolute Gasteiger partial charge is 0.374 e. The van der Waals surface area contributed by atoms with Gasteiger partial charge in [0, 0.05) is 22.0 Å². The van der Waals surface area contributed by atoms with Gasteiger partial charge in [0.25, 0.3) is 0 Å². The lowest BCUT2D eigenvalue weighted by Gasteiger charge is -2.08. The van der Waals surface area contributed by atoms with Gasteiger partial charge in [0.15, 0.2) is 0 Å². The van der Waals surface area contributed by atoms with Crippen LogP contribution in [0.5, 0.6) is 0 Å². The molecule has 1 aromatic carbocycles. The van der Waals surface area contributed by atoms with Crippen LogP contribution in [0, 0.1) is 6.92 Å². The Balaban J connectivity index is 2.44. The number of aromatic nitrogens is 1. The fourth-order valence-corrected chi connectivity index (χ4v) is 3.47. The Kier molecular flexibility index (Phi) is 4.54. The predicted octanol–water partition coefficient (Wildman–Crippen LogP) is 4.98. The molecular formula is C14H16BrNOS. The zero-order valence-electron chi connectivity index (χ0n) is 10.7. The number of aryl methyl sites for hydroxylation is 1. The van der Waals surface area contributed by atoms with E-state index in [-0.39, 0.29) is 6.10 Å². The van der Waals surface area contributed by atoms with Gasteiger partial charge in [0.2, 0.25) is 0 Å². The standard InChI is InChI=1S/C14H16BrNOS/c1-4-12(17-3)14-16-13(9(2)18-14)10-7-5-6-8-11(10)15/h5-8,12H,4H2,1-3H3. The third-order valence-corrected chi connectivity index (χ3v) is 4.63. The molecule has 96 valence electrons. The van der Waals surface area contributed by atoms with Crippen molar-refractivity contribution in [1.82, 2.24) is 4.98 Å². The highest BCUT2D eigenvalue weighted by Crippen LogP contribution is 2.35. The van der Waals surface area contributed by atoms with Crippen molar-refractivity contribution in [3.05, 3.63) is 38.6 Å². The summed E-state index contributed by atoms with van der Waals surface area (Å²) in [5.41, 5.74) is 2.20. The van der Waals surface area contributed by atoms with Gasteiger partial charge in [0.1, 0.15) is 11.1 Å². The summed E-state index contributed by atoms with van der Waals surface area (Å²) in [5, 5.41) is 1.06. The summed E-state index contributed by atoms with van der Waals surface area (Å²) in [6, 6.07) is 8.18. The summed E-state index contributed by atoms with van der Waals surface area (Å²) in [5.74, 6) is 0. The van der Waals surface area contributed by atoms with E-state index in [0.717, 1.165) is 27.2 Å². The van der Waals surface area contributed by atoms with E-state index in [2.05, 4.69) is 35.8 Å². The molecule has 0 aliphatic carbocycles. The van der Waals surface area contributed by atoms with E-state index in [9.17, 15) is 0 Å². The van der Waals surface area contributed by atoms with Crippen molar-refractivity contribution < 1.29 is 4.74 Å². The fraction of sp³-hybridized carbons (Fsp3) is 0.357. The van der Waals surface area contributed by atoms with Gasteiger partial charge in [-0.15, -0.1) is 11.3 Å². The Bertz CT molecular complexity index is 534. The molecule has 0 saturated carbocycles. The van der Waals surface area contributed by atoms with Crippen LogP contribution in [0.1, 0.15) is 29.3 Å². The van der Waals surface area contributed by atoms with Crippen LogP contribution in [-0.4, -0.2) is 12.1 Å². The molecule has 0 bridgehead atoms. The highest BCUT2D eigenvalue weighted by molar-refractivity contribution is 9.10. The van der Waals surface area contributed by atoms with Crippen molar-refractivity contribution in [2.45, 2.75) is 26.4 Å². The molecule has 2 aromatic rings. The third-order valence-electron chi connectivity index (χ3n) is 2.87. The molecule has 2 rings (SSSR count). The minimum atomic E-state index is 0.102. The van der Waals surface area contributed by atoms with Crippen LogP contribution in [0.3, 0.4) is 0 Å². The van der Waals surface area contributed by atoms with Crippen LogP contribution < -0.4 is 0 Å². The minimum absolute atomic E-state index is 0.102. The van der Waals surface area contributed by atoms with Crippen LogP contribution in [0.25, 0.3) is 11.3 Å². The van der Waals surface area contributed by atoms with Crippen LogP contribution in [0.2, 0.25) is 0 Å². The van der Waals surface area contributed by atoms with Crippen LogP contribution in [0.15, 0.2) is 28.7 Å². The number of ether oxygens (including phenoxy) is 1. The van der Waals surface area contributed by atoms with Crippen LogP contribution in [0.4, 0.5) is 0 Å². The molecular weight excluding hydrogens is 310 g/mol. The van der Waals surface area contributed by atoms with Gasteiger partial charge in [-0.25, -0.2) is 4.98 Å². The Hall–Kier alpha value is -0.710. The normalized spacial score (nSPS) is 12.7. The Labute approximate surface area is 120 Å². The Morgan fingerprint density at radius 2 is 2.11 bits per heavy atom. The average Bonchev–Trinajstić information content (AvgIpc) is 2.73. The van der Waals surface area contributed by atoms with Crippen molar-refractivity contribution in [2.75, 3.05) is 7.11 Å². The van der Waals surface area contributed by atoms with Gasteiger partial charge < -0.3 is 4.74 Å². The number of thiazole rings is 1. The van der Waals surface area contributed by atoms with Crippen molar-refractivity contribution in [3.8, 4) is 11.3 Å². The fourth-order valence-electron chi connectivity index (χ4n) is 1.90. The molecule has 0 aliphatic rings. The highest BCUT2D eigenvalue weighted by atomic mass is 79.9. The first-order valence-electron chi connectivity index (χ1n) is 5.92. The van der Waals surface area contributed by atoms with Gasteiger partial charge in [-0.3, -0.25) is 0 Å². The zero-order chi connectivity index (χ0) is 13.1. The molecule has 1 heterocycles. The molecule has 0 spiro atoms. The van der Waals surface area contributed by atoms with Crippen LogP contribution in [-0.2, 0) is 4.74 Å². The van der Waals surface area contributed by atoms with E-state index in [0.29, 0.717) is 0 Å². The molecule has 1 aromatic heterocycles. The molecule has 0 radical (unpaired) electrons. The monoisotopic (exact) mass is 325 g/mol. The van der Waals surface area contributed by atoms with E-state index in [1.54, 1.807) is 18.4 Å². The summed E-state index contributed by atoms with van der Waals surface area (Å²) in [6.07, 6.45) is 1.05. The second kappa shape index (κ2) is 5.95. The maximum atomic E-state index is 5.46. The van der Waals surface area contributed by atoms with E-state index in [1.807, 2.05) is 18.2 Å². The summed E-state index contributed by atoms with van der Waals surface area (Å²) in [7, 11) is 1.74. The quantitative estimate of drug-likeness (QED) is 0.791. The number of halogens is 1. The molecule has 0 saturated heterocycles. The number of benzene rings is 1. The molecule has 0 aliphatic heterocycles. The molecule has 0 fully saturated rings. The van der Waals surface area contributed by atoms with Crippen molar-refractivity contribution >= 4 is 27.3 Å². The SMILES string of the molecule is CCC(OC)c1nc(-c2ccccc2Br)c(C)s1. The molecule has 2 nitrogen and oxygen atoms in total. The summed E-state index contributed by atoms with van der Waals surface area (Å²) < 4.78 is 6.54. The van der Waals surface area contributed by atoms with Gasteiger partial charge in [-0.2, -0.15) is 0 Å². The zero-order valence-corrected chi connectivity index (χ0v) is 13.1. The minimum Gasteiger partial charge on any atom is -0.374 e. The average molecular weight is 326 g/mol. The number of hydrogen-bond acceptors (Lipinski definition) is 3. The molecule has 0 amide bonds. The van der Waals surface area contributed by atoms with Gasteiger partial charge in [-0.05, 0) is 19.4 Å². The number of nitrogens with zero attached hydrogens (tertiary/aromatic N) is 1. The van der Waals surface area contributed by atoms with E-state index < -0.39 is 0 Å². The van der Waals surface area contributed by atoms with Gasteiger partial charge in [0.05, 0.1) is 5.69 Å². The number of methoxy groups -OCH3 is 1. The highest BCUT2D eigenvalue weighted by Gasteiger charge is 2.17. The first kappa shape index (κ1) is 13.7. The smallest absolute Gasteiger partial charge is 0.122 e. The molecule has 18 heavy (non-hydrogen) atoms. The van der Waals surface area contributed by atoms with Gasteiger partial charge >= 0.3 is 0 Å².